The van der Waals surface area contributed by atoms with Crippen molar-refractivity contribution in [1.82, 2.24) is 0 Å². The van der Waals surface area contributed by atoms with E-state index < -0.39 is 61.9 Å². The summed E-state index contributed by atoms with van der Waals surface area (Å²) in [6, 6.07) is 0. The lowest BCUT2D eigenvalue weighted by molar-refractivity contribution is -0.333. The zero-order chi connectivity index (χ0) is 33.5. The van der Waals surface area contributed by atoms with Gasteiger partial charge in [0.2, 0.25) is 6.29 Å². The minimum Gasteiger partial charge on any atom is -0.507 e. The summed E-state index contributed by atoms with van der Waals surface area (Å²) in [6.45, 7) is 4.19. The molecule has 264 valence electrons. The Morgan fingerprint density at radius 1 is 0.822 bits per heavy atom. The number of rotatable bonds is 26. The lowest BCUT2D eigenvalue weighted by Crippen LogP contribution is -2.61. The lowest BCUT2D eigenvalue weighted by Gasteiger charge is -2.43. The van der Waals surface area contributed by atoms with Crippen LogP contribution in [-0.4, -0.2) is 88.8 Å². The first-order valence-corrected chi connectivity index (χ1v) is 17.4. The summed E-state index contributed by atoms with van der Waals surface area (Å²) in [4.78, 5) is 12.9. The molecule has 0 aromatic heterocycles. The van der Waals surface area contributed by atoms with Gasteiger partial charge in [-0.25, -0.2) is 4.79 Å². The van der Waals surface area contributed by atoms with Gasteiger partial charge in [-0.1, -0.05) is 116 Å². The van der Waals surface area contributed by atoms with E-state index >= 15 is 0 Å². The number of allylic oxidation sites excluding steroid dienone is 1. The fourth-order valence-electron chi connectivity index (χ4n) is 5.50. The maximum atomic E-state index is 12.9. The SMILES string of the molecule is CCCCCCCCCCCCCCCCCCC/C=C(\C)C(=O)OC1C(O)C(CO)OC(OC(O)/C(O)=C(\C)CO)C1OC. The van der Waals surface area contributed by atoms with E-state index in [-0.39, 0.29) is 5.57 Å². The largest absolute Gasteiger partial charge is 0.507 e. The molecule has 6 unspecified atom stereocenters. The van der Waals surface area contributed by atoms with E-state index in [0.29, 0.717) is 5.57 Å². The van der Waals surface area contributed by atoms with E-state index in [1.807, 2.05) is 6.08 Å². The summed E-state index contributed by atoms with van der Waals surface area (Å²) in [5.74, 6) is -1.26. The van der Waals surface area contributed by atoms with E-state index in [0.717, 1.165) is 19.3 Å². The maximum Gasteiger partial charge on any atom is 0.333 e. The van der Waals surface area contributed by atoms with Gasteiger partial charge in [0.25, 0.3) is 0 Å². The fraction of sp³-hybridized carbons (Fsp3) is 0.857. The minimum atomic E-state index is -1.88. The van der Waals surface area contributed by atoms with Crippen molar-refractivity contribution in [1.29, 1.82) is 0 Å². The molecule has 0 radical (unpaired) electrons. The van der Waals surface area contributed by atoms with Crippen molar-refractivity contribution in [3.05, 3.63) is 23.0 Å². The van der Waals surface area contributed by atoms with Crippen molar-refractivity contribution in [2.45, 2.75) is 173 Å². The standard InChI is InChI=1S/C35H64O10/c1-5-6-7-8-9-10-11-12-13-14-15-16-17-18-19-20-21-22-23-26(2)33(40)44-31-30(39)28(25-37)43-35(32(31)42-4)45-34(41)29(38)27(3)24-36/h23,28,30-32,34-39,41H,5-22,24-25H2,1-4H3/b26-23+,29-27-. The molecule has 0 bridgehead atoms. The van der Waals surface area contributed by atoms with Gasteiger partial charge in [-0.05, 0) is 32.3 Å². The van der Waals surface area contributed by atoms with Gasteiger partial charge < -0.3 is 44.5 Å². The summed E-state index contributed by atoms with van der Waals surface area (Å²) >= 11 is 0. The molecule has 6 atom stereocenters. The highest BCUT2D eigenvalue weighted by atomic mass is 16.8. The summed E-state index contributed by atoms with van der Waals surface area (Å²) in [5, 5.41) is 49.9. The van der Waals surface area contributed by atoms with Crippen LogP contribution in [0.25, 0.3) is 0 Å². The second-order valence-electron chi connectivity index (χ2n) is 12.4. The third-order valence-electron chi connectivity index (χ3n) is 8.57. The van der Waals surface area contributed by atoms with Crippen LogP contribution in [0.15, 0.2) is 23.0 Å². The Hall–Kier alpha value is -1.53. The van der Waals surface area contributed by atoms with Crippen LogP contribution in [0, 0.1) is 0 Å². The van der Waals surface area contributed by atoms with E-state index in [9.17, 15) is 30.3 Å². The first kappa shape index (κ1) is 41.5. The molecule has 1 fully saturated rings. The van der Waals surface area contributed by atoms with Gasteiger partial charge in [0.1, 0.15) is 24.1 Å². The van der Waals surface area contributed by atoms with Gasteiger partial charge in [0.05, 0.1) is 13.2 Å². The normalized spacial score (nSPS) is 23.6. The number of carbonyl (C=O) groups excluding carboxylic acids is 1. The van der Waals surface area contributed by atoms with Crippen LogP contribution in [0.5, 0.6) is 0 Å². The van der Waals surface area contributed by atoms with Gasteiger partial charge in [0.15, 0.2) is 12.4 Å². The summed E-state index contributed by atoms with van der Waals surface area (Å²) in [6.07, 6.45) is 16.4. The molecule has 1 aliphatic rings. The quantitative estimate of drug-likeness (QED) is 0.0244. The molecule has 10 nitrogen and oxygen atoms in total. The monoisotopic (exact) mass is 644 g/mol. The first-order chi connectivity index (χ1) is 21.7. The van der Waals surface area contributed by atoms with Gasteiger partial charge in [-0.2, -0.15) is 0 Å². The molecule has 1 heterocycles. The third kappa shape index (κ3) is 16.7. The molecule has 0 aromatic rings. The predicted octanol–water partition coefficient (Wildman–Crippen LogP) is 6.14. The van der Waals surface area contributed by atoms with Crippen LogP contribution >= 0.6 is 0 Å². The van der Waals surface area contributed by atoms with Crippen LogP contribution in [0.3, 0.4) is 0 Å². The molecule has 1 rings (SSSR count). The van der Waals surface area contributed by atoms with Gasteiger partial charge in [0, 0.05) is 12.7 Å². The van der Waals surface area contributed by atoms with Gasteiger partial charge in [-0.15, -0.1) is 0 Å². The Labute approximate surface area is 271 Å². The van der Waals surface area contributed by atoms with E-state index in [4.69, 9.17) is 18.9 Å². The van der Waals surface area contributed by atoms with Crippen LogP contribution in [0.1, 0.15) is 136 Å². The van der Waals surface area contributed by atoms with E-state index in [1.165, 1.54) is 110 Å². The molecule has 0 spiro atoms. The number of ether oxygens (including phenoxy) is 4. The minimum absolute atomic E-state index is 0.0781. The van der Waals surface area contributed by atoms with E-state index in [1.54, 1.807) is 6.92 Å². The van der Waals surface area contributed by atoms with Crippen LogP contribution in [0.4, 0.5) is 0 Å². The van der Waals surface area contributed by atoms with Crippen molar-refractivity contribution < 1.29 is 49.3 Å². The molecule has 10 heteroatoms. The number of aliphatic hydroxyl groups excluding tert-OH is 5. The fourth-order valence-corrected chi connectivity index (χ4v) is 5.50. The number of aliphatic hydroxyl groups is 5. The average Bonchev–Trinajstić information content (AvgIpc) is 3.04. The Balaban J connectivity index is 2.34. The topological polar surface area (TPSA) is 155 Å². The van der Waals surface area contributed by atoms with Crippen molar-refractivity contribution in [3.63, 3.8) is 0 Å². The maximum absolute atomic E-state index is 12.9. The molecule has 1 aliphatic heterocycles. The lowest BCUT2D eigenvalue weighted by atomic mass is 9.98. The van der Waals surface area contributed by atoms with Gasteiger partial charge >= 0.3 is 5.97 Å². The molecule has 5 N–H and O–H groups in total. The molecule has 0 amide bonds. The van der Waals surface area contributed by atoms with Crippen LogP contribution in [-0.2, 0) is 23.7 Å². The smallest absolute Gasteiger partial charge is 0.333 e. The summed E-state index contributed by atoms with van der Waals surface area (Å²) < 4.78 is 21.8. The van der Waals surface area contributed by atoms with Gasteiger partial charge in [-0.3, -0.25) is 0 Å². The number of methoxy groups -OCH3 is 1. The van der Waals surface area contributed by atoms with Crippen LogP contribution in [0.2, 0.25) is 0 Å². The second-order valence-corrected chi connectivity index (χ2v) is 12.4. The number of esters is 1. The summed E-state index contributed by atoms with van der Waals surface area (Å²) in [5.41, 5.74) is 0.464. The highest BCUT2D eigenvalue weighted by Crippen LogP contribution is 2.28. The Morgan fingerprint density at radius 2 is 1.31 bits per heavy atom. The molecule has 0 saturated carbocycles. The number of unbranched alkanes of at least 4 members (excludes halogenated alkanes) is 17. The highest BCUT2D eigenvalue weighted by molar-refractivity contribution is 5.87. The zero-order valence-corrected chi connectivity index (χ0v) is 28.5. The highest BCUT2D eigenvalue weighted by Gasteiger charge is 2.49. The average molecular weight is 645 g/mol. The molecular weight excluding hydrogens is 580 g/mol. The molecule has 45 heavy (non-hydrogen) atoms. The Morgan fingerprint density at radius 3 is 1.76 bits per heavy atom. The molecular formula is C35H64O10. The second kappa shape index (κ2) is 25.5. The Bertz CT molecular complexity index is 829. The molecule has 1 saturated heterocycles. The molecule has 0 aromatic carbocycles. The number of carbonyl (C=O) groups is 1. The van der Waals surface area contributed by atoms with Crippen molar-refractivity contribution in [2.24, 2.45) is 0 Å². The van der Waals surface area contributed by atoms with Crippen molar-refractivity contribution >= 4 is 5.97 Å². The number of hydrogen-bond donors (Lipinski definition) is 5. The third-order valence-corrected chi connectivity index (χ3v) is 8.57. The first-order valence-electron chi connectivity index (χ1n) is 17.4. The van der Waals surface area contributed by atoms with E-state index in [2.05, 4.69) is 6.92 Å². The van der Waals surface area contributed by atoms with Crippen molar-refractivity contribution in [2.75, 3.05) is 20.3 Å². The van der Waals surface area contributed by atoms with Crippen LogP contribution < -0.4 is 0 Å². The van der Waals surface area contributed by atoms with Crippen molar-refractivity contribution in [3.8, 4) is 0 Å². The molecule has 0 aliphatic carbocycles. The zero-order valence-electron chi connectivity index (χ0n) is 28.5. The number of hydrogen-bond acceptors (Lipinski definition) is 10. The Kier molecular flexibility index (Phi) is 23.6. The summed E-state index contributed by atoms with van der Waals surface area (Å²) in [7, 11) is 1.29. The predicted molar refractivity (Wildman–Crippen MR) is 174 cm³/mol.